The van der Waals surface area contributed by atoms with Crippen molar-refractivity contribution in [3.05, 3.63) is 30.1 Å². The van der Waals surface area contributed by atoms with Crippen LogP contribution in [0.25, 0.3) is 11.4 Å². The maximum Gasteiger partial charge on any atom is 0.244 e. The van der Waals surface area contributed by atoms with Crippen LogP contribution in [0.1, 0.15) is 44.9 Å². The first-order valence-electron chi connectivity index (χ1n) is 9.80. The van der Waals surface area contributed by atoms with Crippen molar-refractivity contribution in [2.75, 3.05) is 18.4 Å². The van der Waals surface area contributed by atoms with Crippen LogP contribution < -0.4 is 5.32 Å². The fraction of sp³-hybridized carbons (Fsp3) is 0.550. The standard InChI is InChI=1S/C20H27N5O/c1-15(20(26)24-11-5-6-12-24)21-17-9-7-8-16(14-17)19-23-22-18-10-3-2-4-13-25(18)19/h7-9,14-15,21H,2-6,10-13H2,1H3/t15-/m1/s1. The Balaban J connectivity index is 1.52. The zero-order valence-electron chi connectivity index (χ0n) is 15.4. The van der Waals surface area contributed by atoms with Crippen LogP contribution in [0.3, 0.4) is 0 Å². The molecule has 1 amide bonds. The zero-order valence-corrected chi connectivity index (χ0v) is 15.4. The molecule has 2 aromatic rings. The van der Waals surface area contributed by atoms with Crippen LogP contribution in [0.5, 0.6) is 0 Å². The van der Waals surface area contributed by atoms with E-state index in [1.165, 1.54) is 19.3 Å². The molecule has 2 aliphatic heterocycles. The molecule has 6 nitrogen and oxygen atoms in total. The van der Waals surface area contributed by atoms with Gasteiger partial charge in [-0.05, 0) is 44.7 Å². The molecule has 0 saturated carbocycles. The summed E-state index contributed by atoms with van der Waals surface area (Å²) in [5.41, 5.74) is 2.00. The van der Waals surface area contributed by atoms with Gasteiger partial charge in [0.2, 0.25) is 5.91 Å². The smallest absolute Gasteiger partial charge is 0.244 e. The molecule has 1 atom stereocenters. The molecule has 1 aromatic carbocycles. The number of nitrogens with one attached hydrogen (secondary N) is 1. The van der Waals surface area contributed by atoms with Gasteiger partial charge in [-0.2, -0.15) is 0 Å². The van der Waals surface area contributed by atoms with E-state index in [1.54, 1.807) is 0 Å². The van der Waals surface area contributed by atoms with Crippen molar-refractivity contribution in [2.45, 2.75) is 58.0 Å². The van der Waals surface area contributed by atoms with E-state index in [1.807, 2.05) is 24.0 Å². The Kier molecular flexibility index (Phi) is 4.91. The van der Waals surface area contributed by atoms with Crippen molar-refractivity contribution >= 4 is 11.6 Å². The van der Waals surface area contributed by atoms with E-state index in [0.29, 0.717) is 0 Å². The molecule has 6 heteroatoms. The average molecular weight is 353 g/mol. The van der Waals surface area contributed by atoms with E-state index < -0.39 is 0 Å². The Hall–Kier alpha value is -2.37. The first kappa shape index (κ1) is 17.1. The summed E-state index contributed by atoms with van der Waals surface area (Å²) >= 11 is 0. The van der Waals surface area contributed by atoms with Gasteiger partial charge in [0.05, 0.1) is 0 Å². The highest BCUT2D eigenvalue weighted by atomic mass is 16.2. The first-order chi connectivity index (χ1) is 12.7. The molecule has 1 saturated heterocycles. The van der Waals surface area contributed by atoms with Crippen molar-refractivity contribution in [3.8, 4) is 11.4 Å². The summed E-state index contributed by atoms with van der Waals surface area (Å²) in [6.45, 7) is 4.70. The minimum absolute atomic E-state index is 0.184. The molecule has 2 aliphatic rings. The molecule has 1 fully saturated rings. The summed E-state index contributed by atoms with van der Waals surface area (Å²) in [6, 6.07) is 7.95. The number of amides is 1. The quantitative estimate of drug-likeness (QED) is 0.917. The second kappa shape index (κ2) is 7.48. The Bertz CT molecular complexity index is 778. The molecule has 0 unspecified atom stereocenters. The molecular formula is C20H27N5O. The summed E-state index contributed by atoms with van der Waals surface area (Å²) in [5.74, 6) is 2.21. The van der Waals surface area contributed by atoms with Gasteiger partial charge in [-0.15, -0.1) is 10.2 Å². The summed E-state index contributed by atoms with van der Waals surface area (Å²) in [7, 11) is 0. The SMILES string of the molecule is C[C@@H](Nc1cccc(-c2nnc3n2CCCCC3)c1)C(=O)N1CCCC1. The molecule has 138 valence electrons. The molecule has 0 spiro atoms. The number of anilines is 1. The average Bonchev–Trinajstić information content (AvgIpc) is 3.27. The number of nitrogens with zero attached hydrogens (tertiary/aromatic N) is 4. The third kappa shape index (κ3) is 3.45. The van der Waals surface area contributed by atoms with Gasteiger partial charge < -0.3 is 14.8 Å². The normalized spacial score (nSPS) is 18.3. The van der Waals surface area contributed by atoms with Crippen molar-refractivity contribution in [3.63, 3.8) is 0 Å². The van der Waals surface area contributed by atoms with Crippen LogP contribution in [-0.2, 0) is 17.8 Å². The minimum Gasteiger partial charge on any atom is -0.374 e. The Labute approximate surface area is 154 Å². The van der Waals surface area contributed by atoms with Crippen molar-refractivity contribution in [1.82, 2.24) is 19.7 Å². The van der Waals surface area contributed by atoms with Crippen LogP contribution in [0.15, 0.2) is 24.3 Å². The summed E-state index contributed by atoms with van der Waals surface area (Å²) in [4.78, 5) is 14.5. The molecule has 0 bridgehead atoms. The Morgan fingerprint density at radius 2 is 1.88 bits per heavy atom. The minimum atomic E-state index is -0.223. The number of hydrogen-bond donors (Lipinski definition) is 1. The number of likely N-dealkylation sites (tertiary alicyclic amines) is 1. The van der Waals surface area contributed by atoms with Gasteiger partial charge >= 0.3 is 0 Å². The molecular weight excluding hydrogens is 326 g/mol. The fourth-order valence-corrected chi connectivity index (χ4v) is 3.97. The van der Waals surface area contributed by atoms with Crippen LogP contribution in [0, 0.1) is 0 Å². The van der Waals surface area contributed by atoms with Crippen molar-refractivity contribution < 1.29 is 4.79 Å². The second-order valence-corrected chi connectivity index (χ2v) is 7.38. The molecule has 26 heavy (non-hydrogen) atoms. The molecule has 4 rings (SSSR count). The second-order valence-electron chi connectivity index (χ2n) is 7.38. The Morgan fingerprint density at radius 3 is 2.73 bits per heavy atom. The predicted molar refractivity (Wildman–Crippen MR) is 102 cm³/mol. The maximum atomic E-state index is 12.5. The third-order valence-corrected chi connectivity index (χ3v) is 5.40. The van der Waals surface area contributed by atoms with Gasteiger partial charge in [0, 0.05) is 37.3 Å². The largest absolute Gasteiger partial charge is 0.374 e. The van der Waals surface area contributed by atoms with Crippen LogP contribution in [0.4, 0.5) is 5.69 Å². The lowest BCUT2D eigenvalue weighted by atomic mass is 10.1. The van der Waals surface area contributed by atoms with E-state index in [2.05, 4.69) is 32.2 Å². The third-order valence-electron chi connectivity index (χ3n) is 5.40. The number of rotatable bonds is 4. The van der Waals surface area contributed by atoms with Crippen molar-refractivity contribution in [2.24, 2.45) is 0 Å². The molecule has 0 radical (unpaired) electrons. The van der Waals surface area contributed by atoms with Gasteiger partial charge in [-0.3, -0.25) is 4.79 Å². The number of aromatic nitrogens is 3. The highest BCUT2D eigenvalue weighted by molar-refractivity contribution is 5.84. The van der Waals surface area contributed by atoms with Crippen molar-refractivity contribution in [1.29, 1.82) is 0 Å². The Morgan fingerprint density at radius 1 is 1.08 bits per heavy atom. The lowest BCUT2D eigenvalue weighted by Crippen LogP contribution is -2.39. The van der Waals surface area contributed by atoms with E-state index >= 15 is 0 Å². The van der Waals surface area contributed by atoms with Crippen LogP contribution in [0.2, 0.25) is 0 Å². The number of hydrogen-bond acceptors (Lipinski definition) is 4. The van der Waals surface area contributed by atoms with Gasteiger partial charge in [0.15, 0.2) is 5.82 Å². The predicted octanol–water partition coefficient (Wildman–Crippen LogP) is 3.09. The molecule has 1 N–H and O–H groups in total. The zero-order chi connectivity index (χ0) is 17.9. The fourth-order valence-electron chi connectivity index (χ4n) is 3.97. The molecule has 0 aliphatic carbocycles. The number of carbonyl (C=O) groups excluding carboxylic acids is 1. The van der Waals surface area contributed by atoms with Crippen LogP contribution >= 0.6 is 0 Å². The molecule has 3 heterocycles. The number of aryl methyl sites for hydroxylation is 1. The van der Waals surface area contributed by atoms with E-state index in [0.717, 1.165) is 61.8 Å². The van der Waals surface area contributed by atoms with Gasteiger partial charge in [-0.1, -0.05) is 18.6 Å². The van der Waals surface area contributed by atoms with E-state index in [9.17, 15) is 4.79 Å². The maximum absolute atomic E-state index is 12.5. The number of benzene rings is 1. The van der Waals surface area contributed by atoms with Gasteiger partial charge in [0.25, 0.3) is 0 Å². The lowest BCUT2D eigenvalue weighted by Gasteiger charge is -2.22. The monoisotopic (exact) mass is 353 g/mol. The summed E-state index contributed by atoms with van der Waals surface area (Å²) in [5, 5.41) is 12.2. The summed E-state index contributed by atoms with van der Waals surface area (Å²) in [6.07, 6.45) is 6.86. The highest BCUT2D eigenvalue weighted by Crippen LogP contribution is 2.25. The van der Waals surface area contributed by atoms with Gasteiger partial charge in [0.1, 0.15) is 11.9 Å². The number of fused-ring (bicyclic) bond motifs is 1. The van der Waals surface area contributed by atoms with E-state index in [4.69, 9.17) is 0 Å². The lowest BCUT2D eigenvalue weighted by molar-refractivity contribution is -0.130. The topological polar surface area (TPSA) is 63.1 Å². The highest BCUT2D eigenvalue weighted by Gasteiger charge is 2.23. The summed E-state index contributed by atoms with van der Waals surface area (Å²) < 4.78 is 2.25. The van der Waals surface area contributed by atoms with Gasteiger partial charge in [-0.25, -0.2) is 0 Å². The number of carbonyl (C=O) groups is 1. The van der Waals surface area contributed by atoms with E-state index in [-0.39, 0.29) is 11.9 Å². The first-order valence-corrected chi connectivity index (χ1v) is 9.80. The molecule has 1 aromatic heterocycles. The van der Waals surface area contributed by atoms with Crippen LogP contribution in [-0.4, -0.2) is 44.7 Å².